The Hall–Kier alpha value is -1.31. The second kappa shape index (κ2) is 4.80. The van der Waals surface area contributed by atoms with Gasteiger partial charge in [-0.15, -0.1) is 0 Å². The molecule has 0 aliphatic carbocycles. The van der Waals surface area contributed by atoms with E-state index in [9.17, 15) is 0 Å². The molecule has 0 aliphatic rings. The number of nitrogens with zero attached hydrogens (tertiary/aromatic N) is 1. The molecular weight excluding hydrogens is 169 g/mol. The van der Waals surface area contributed by atoms with E-state index in [1.807, 2.05) is 51.2 Å². The van der Waals surface area contributed by atoms with Gasteiger partial charge in [0, 0.05) is 11.9 Å². The van der Waals surface area contributed by atoms with E-state index in [1.54, 1.807) is 0 Å². The lowest BCUT2D eigenvalue weighted by atomic mass is 9.94. The van der Waals surface area contributed by atoms with Crippen molar-refractivity contribution in [3.8, 4) is 0 Å². The summed E-state index contributed by atoms with van der Waals surface area (Å²) in [5, 5.41) is 2.29. The van der Waals surface area contributed by atoms with E-state index in [2.05, 4.69) is 4.98 Å². The minimum atomic E-state index is 0.799. The van der Waals surface area contributed by atoms with Crippen LogP contribution in [0.2, 0.25) is 0 Å². The lowest BCUT2D eigenvalue weighted by Gasteiger charge is -1.99. The zero-order valence-electron chi connectivity index (χ0n) is 8.91. The molecule has 0 fully saturated rings. The van der Waals surface area contributed by atoms with E-state index in [4.69, 9.17) is 7.85 Å². The monoisotopic (exact) mass is 183 g/mol. The Bertz CT molecular complexity index is 387. The van der Waals surface area contributed by atoms with Crippen molar-refractivity contribution in [2.24, 2.45) is 0 Å². The van der Waals surface area contributed by atoms with Crippen LogP contribution in [-0.4, -0.2) is 12.8 Å². The van der Waals surface area contributed by atoms with Gasteiger partial charge in [-0.05, 0) is 23.8 Å². The van der Waals surface area contributed by atoms with Crippen LogP contribution >= 0.6 is 0 Å². The second-order valence-electron chi connectivity index (χ2n) is 2.93. The van der Waals surface area contributed by atoms with Crippen LogP contribution in [0, 0.1) is 6.92 Å². The highest BCUT2D eigenvalue weighted by Crippen LogP contribution is 2.11. The van der Waals surface area contributed by atoms with Crippen molar-refractivity contribution in [2.75, 3.05) is 0 Å². The van der Waals surface area contributed by atoms with Crippen molar-refractivity contribution in [2.45, 2.75) is 20.8 Å². The Morgan fingerprint density at radius 1 is 1.07 bits per heavy atom. The second-order valence-corrected chi connectivity index (χ2v) is 2.93. The molecule has 1 nitrogen and oxygen atoms in total. The third-order valence-electron chi connectivity index (χ3n) is 1.88. The Kier molecular flexibility index (Phi) is 3.69. The van der Waals surface area contributed by atoms with Crippen LogP contribution < -0.4 is 5.46 Å². The van der Waals surface area contributed by atoms with Gasteiger partial charge in [-0.1, -0.05) is 37.5 Å². The topological polar surface area (TPSA) is 12.9 Å². The first-order chi connectivity index (χ1) is 6.75. The van der Waals surface area contributed by atoms with Gasteiger partial charge in [0.2, 0.25) is 0 Å². The van der Waals surface area contributed by atoms with E-state index < -0.39 is 0 Å². The largest absolute Gasteiger partial charge is 0.261 e. The summed E-state index contributed by atoms with van der Waals surface area (Å²) in [4.78, 5) is 4.20. The maximum Gasteiger partial charge on any atom is 0.113 e. The smallest absolute Gasteiger partial charge is 0.113 e. The number of benzene rings is 1. The Balaban J connectivity index is 0.000000461. The van der Waals surface area contributed by atoms with Gasteiger partial charge in [0.15, 0.2) is 0 Å². The molecule has 1 heterocycles. The fourth-order valence-corrected chi connectivity index (χ4v) is 1.27. The van der Waals surface area contributed by atoms with Crippen LogP contribution in [0.1, 0.15) is 19.5 Å². The fourth-order valence-electron chi connectivity index (χ4n) is 1.27. The molecule has 0 saturated carbocycles. The van der Waals surface area contributed by atoms with Gasteiger partial charge < -0.3 is 0 Å². The summed E-state index contributed by atoms with van der Waals surface area (Å²) in [6.07, 6.45) is 1.87. The van der Waals surface area contributed by atoms with Crippen molar-refractivity contribution in [1.29, 1.82) is 0 Å². The predicted octanol–water partition coefficient (Wildman–Crippen LogP) is 2.36. The van der Waals surface area contributed by atoms with Crippen molar-refractivity contribution in [3.63, 3.8) is 0 Å². The number of fused-ring (bicyclic) bond motifs is 1. The summed E-state index contributed by atoms with van der Waals surface area (Å²) < 4.78 is 0. The molecule has 0 N–H and O–H groups in total. The highest BCUT2D eigenvalue weighted by atomic mass is 14.6. The standard InChI is InChI=1S/C10H8BN.C2H6/c1-7-4-9-5-10(11)3-2-8(9)6-12-7;1-2/h2-6H,1H3;1-2H3. The first-order valence-electron chi connectivity index (χ1n) is 4.87. The van der Waals surface area contributed by atoms with Gasteiger partial charge in [-0.3, -0.25) is 4.98 Å². The molecule has 2 radical (unpaired) electrons. The quantitative estimate of drug-likeness (QED) is 0.571. The number of rotatable bonds is 0. The Labute approximate surface area is 86.6 Å². The first-order valence-corrected chi connectivity index (χ1v) is 4.87. The molecule has 0 saturated heterocycles. The molecule has 70 valence electrons. The van der Waals surface area contributed by atoms with Crippen LogP contribution in [0.4, 0.5) is 0 Å². The minimum Gasteiger partial charge on any atom is -0.261 e. The van der Waals surface area contributed by atoms with Crippen LogP contribution in [-0.2, 0) is 0 Å². The van der Waals surface area contributed by atoms with Gasteiger partial charge in [0.05, 0.1) is 0 Å². The summed E-state index contributed by atoms with van der Waals surface area (Å²) >= 11 is 0. The summed E-state index contributed by atoms with van der Waals surface area (Å²) in [6, 6.07) is 7.87. The van der Waals surface area contributed by atoms with Crippen LogP contribution in [0.25, 0.3) is 10.8 Å². The summed E-state index contributed by atoms with van der Waals surface area (Å²) in [5.74, 6) is 0. The number of hydrogen-bond acceptors (Lipinski definition) is 1. The van der Waals surface area contributed by atoms with E-state index in [0.29, 0.717) is 0 Å². The minimum absolute atomic E-state index is 0.799. The molecule has 1 aromatic heterocycles. The zero-order valence-corrected chi connectivity index (χ0v) is 8.91. The molecule has 0 bridgehead atoms. The lowest BCUT2D eigenvalue weighted by Crippen LogP contribution is -1.99. The first kappa shape index (κ1) is 10.8. The Morgan fingerprint density at radius 3 is 2.50 bits per heavy atom. The number of aryl methyl sites for hydroxylation is 1. The summed E-state index contributed by atoms with van der Waals surface area (Å²) in [7, 11) is 5.65. The molecule has 0 spiro atoms. The third-order valence-corrected chi connectivity index (χ3v) is 1.88. The van der Waals surface area contributed by atoms with E-state index in [0.717, 1.165) is 21.9 Å². The molecule has 0 amide bonds. The van der Waals surface area contributed by atoms with Gasteiger partial charge in [0.1, 0.15) is 7.85 Å². The summed E-state index contributed by atoms with van der Waals surface area (Å²) in [5.41, 5.74) is 1.82. The van der Waals surface area contributed by atoms with Gasteiger partial charge >= 0.3 is 0 Å². The molecule has 1 aromatic carbocycles. The fraction of sp³-hybridized carbons (Fsp3) is 0.250. The number of pyridine rings is 1. The Morgan fingerprint density at radius 2 is 1.79 bits per heavy atom. The van der Waals surface area contributed by atoms with Crippen LogP contribution in [0.3, 0.4) is 0 Å². The molecule has 14 heavy (non-hydrogen) atoms. The van der Waals surface area contributed by atoms with Gasteiger partial charge in [-0.2, -0.15) is 0 Å². The average Bonchev–Trinajstić information content (AvgIpc) is 2.20. The van der Waals surface area contributed by atoms with E-state index >= 15 is 0 Å². The maximum absolute atomic E-state index is 5.65. The normalized spacial score (nSPS) is 9.36. The predicted molar refractivity (Wildman–Crippen MR) is 63.2 cm³/mol. The van der Waals surface area contributed by atoms with Crippen molar-refractivity contribution in [3.05, 3.63) is 36.2 Å². The highest BCUT2D eigenvalue weighted by Gasteiger charge is 1.93. The molecule has 0 atom stereocenters. The molecule has 0 unspecified atom stereocenters. The summed E-state index contributed by atoms with van der Waals surface area (Å²) in [6.45, 7) is 5.97. The SMILES string of the molecule is CC.[B]c1ccc2cnc(C)cc2c1. The lowest BCUT2D eigenvalue weighted by molar-refractivity contribution is 1.22. The van der Waals surface area contributed by atoms with E-state index in [-0.39, 0.29) is 0 Å². The zero-order chi connectivity index (χ0) is 10.6. The van der Waals surface area contributed by atoms with Crippen molar-refractivity contribution < 1.29 is 0 Å². The van der Waals surface area contributed by atoms with Gasteiger partial charge in [0.25, 0.3) is 0 Å². The molecule has 2 heteroatoms. The van der Waals surface area contributed by atoms with Crippen molar-refractivity contribution >= 4 is 24.1 Å². The van der Waals surface area contributed by atoms with E-state index in [1.165, 1.54) is 0 Å². The van der Waals surface area contributed by atoms with Crippen LogP contribution in [0.5, 0.6) is 0 Å². The highest BCUT2D eigenvalue weighted by molar-refractivity contribution is 6.33. The van der Waals surface area contributed by atoms with Gasteiger partial charge in [-0.25, -0.2) is 0 Å². The molecular formula is C12H14BN. The number of aromatic nitrogens is 1. The third kappa shape index (κ3) is 2.35. The van der Waals surface area contributed by atoms with Crippen molar-refractivity contribution in [1.82, 2.24) is 4.98 Å². The maximum atomic E-state index is 5.65. The average molecular weight is 183 g/mol. The van der Waals surface area contributed by atoms with Crippen LogP contribution in [0.15, 0.2) is 30.5 Å². The molecule has 2 aromatic rings. The number of hydrogen-bond donors (Lipinski definition) is 0. The molecule has 0 aliphatic heterocycles. The molecule has 2 rings (SSSR count).